The van der Waals surface area contributed by atoms with Crippen molar-refractivity contribution in [2.24, 2.45) is 0 Å². The average Bonchev–Trinajstić information content (AvgIpc) is 3.20. The van der Waals surface area contributed by atoms with Gasteiger partial charge in [0.05, 0.1) is 28.6 Å². The molecule has 9 heteroatoms. The normalized spacial score (nSPS) is 11.3. The van der Waals surface area contributed by atoms with Crippen molar-refractivity contribution in [3.8, 4) is 17.0 Å². The molecule has 4 rings (SSSR count). The Balaban J connectivity index is 1.46. The lowest BCUT2D eigenvalue weighted by molar-refractivity contribution is -0.111. The van der Waals surface area contributed by atoms with E-state index in [1.54, 1.807) is 35.9 Å². The van der Waals surface area contributed by atoms with E-state index in [-0.39, 0.29) is 5.75 Å². The van der Waals surface area contributed by atoms with Gasteiger partial charge in [0.25, 0.3) is 0 Å². The maximum Gasteiger partial charge on any atom is 0.387 e. The molecule has 4 aromatic rings. The molecule has 2 aromatic carbocycles. The van der Waals surface area contributed by atoms with E-state index in [1.807, 2.05) is 24.3 Å². The number of hydrogen-bond donors (Lipinski definition) is 1. The number of carbonyl (C=O) groups excluding carboxylic acids is 1. The lowest BCUT2D eigenvalue weighted by atomic mass is 10.1. The molecule has 0 atom stereocenters. The fourth-order valence-corrected chi connectivity index (χ4v) is 3.41. The molecular formula is C21H14F2N4O2S. The first-order valence-corrected chi connectivity index (χ1v) is 9.67. The van der Waals surface area contributed by atoms with E-state index >= 15 is 0 Å². The molecule has 2 heterocycles. The third kappa shape index (κ3) is 4.64. The Bertz CT molecular complexity index is 1230. The van der Waals surface area contributed by atoms with Crippen LogP contribution < -0.4 is 10.1 Å². The van der Waals surface area contributed by atoms with E-state index in [4.69, 9.17) is 0 Å². The van der Waals surface area contributed by atoms with Crippen molar-refractivity contribution < 1.29 is 18.3 Å². The fourth-order valence-electron chi connectivity index (χ4n) is 2.69. The summed E-state index contributed by atoms with van der Waals surface area (Å²) >= 11 is 1.18. The summed E-state index contributed by atoms with van der Waals surface area (Å²) in [5.41, 5.74) is 2.88. The number of para-hydroxylation sites is 3. The van der Waals surface area contributed by atoms with Gasteiger partial charge in [-0.1, -0.05) is 24.3 Å². The molecule has 150 valence electrons. The predicted molar refractivity (Wildman–Crippen MR) is 111 cm³/mol. The van der Waals surface area contributed by atoms with Crippen molar-refractivity contribution in [2.75, 3.05) is 5.32 Å². The summed E-state index contributed by atoms with van der Waals surface area (Å²) in [7, 11) is 0. The molecule has 0 saturated heterocycles. The molecule has 0 aliphatic heterocycles. The zero-order valence-electron chi connectivity index (χ0n) is 15.3. The maximum atomic E-state index is 12.6. The monoisotopic (exact) mass is 424 g/mol. The minimum Gasteiger partial charge on any atom is -0.434 e. The highest BCUT2D eigenvalue weighted by Crippen LogP contribution is 2.33. The van der Waals surface area contributed by atoms with Crippen LogP contribution in [0.4, 0.5) is 13.9 Å². The standard InChI is InChI=1S/C21H14F2N4O2S/c22-20(23)29-18-8-4-1-5-14(18)17-12-30-21(26-17)27-19(28)10-9-13-11-24-15-6-2-3-7-16(15)25-13/h1-12,20H,(H,26,27,28)/b10-9+. The quantitative estimate of drug-likeness (QED) is 0.441. The van der Waals surface area contributed by atoms with Crippen LogP contribution in [0.3, 0.4) is 0 Å². The Morgan fingerprint density at radius 3 is 2.67 bits per heavy atom. The average molecular weight is 424 g/mol. The smallest absolute Gasteiger partial charge is 0.387 e. The molecule has 0 aliphatic rings. The second-order valence-corrected chi connectivity index (χ2v) is 6.88. The number of halogens is 2. The Kier molecular flexibility index (Phi) is 5.71. The largest absolute Gasteiger partial charge is 0.434 e. The number of aromatic nitrogens is 3. The zero-order valence-corrected chi connectivity index (χ0v) is 16.1. The molecular weight excluding hydrogens is 410 g/mol. The minimum absolute atomic E-state index is 0.0189. The highest BCUT2D eigenvalue weighted by molar-refractivity contribution is 7.14. The van der Waals surface area contributed by atoms with Crippen molar-refractivity contribution in [1.82, 2.24) is 15.0 Å². The topological polar surface area (TPSA) is 77.0 Å². The first-order chi connectivity index (χ1) is 14.6. The molecule has 0 spiro atoms. The van der Waals surface area contributed by atoms with Gasteiger partial charge in [0.15, 0.2) is 5.13 Å². The SMILES string of the molecule is O=C(/C=C/c1cnc2ccccc2n1)Nc1nc(-c2ccccc2OC(F)F)cs1. The Morgan fingerprint density at radius 1 is 1.07 bits per heavy atom. The van der Waals surface area contributed by atoms with Gasteiger partial charge in [0, 0.05) is 17.0 Å². The maximum absolute atomic E-state index is 12.6. The molecule has 1 N–H and O–H groups in total. The molecule has 0 saturated carbocycles. The lowest BCUT2D eigenvalue weighted by Gasteiger charge is -2.08. The van der Waals surface area contributed by atoms with Crippen LogP contribution in [0.2, 0.25) is 0 Å². The lowest BCUT2D eigenvalue weighted by Crippen LogP contribution is -2.07. The number of rotatable bonds is 6. The Morgan fingerprint density at radius 2 is 1.83 bits per heavy atom. The van der Waals surface area contributed by atoms with Gasteiger partial charge in [-0.2, -0.15) is 8.78 Å². The van der Waals surface area contributed by atoms with Crippen molar-refractivity contribution in [3.63, 3.8) is 0 Å². The summed E-state index contributed by atoms with van der Waals surface area (Å²) in [6, 6.07) is 13.8. The molecule has 30 heavy (non-hydrogen) atoms. The van der Waals surface area contributed by atoms with Crippen LogP contribution in [0.15, 0.2) is 66.2 Å². The van der Waals surface area contributed by atoms with Gasteiger partial charge < -0.3 is 4.74 Å². The van der Waals surface area contributed by atoms with E-state index < -0.39 is 12.5 Å². The van der Waals surface area contributed by atoms with E-state index in [2.05, 4.69) is 25.0 Å². The van der Waals surface area contributed by atoms with Crippen molar-refractivity contribution >= 4 is 39.5 Å². The van der Waals surface area contributed by atoms with Crippen LogP contribution in [-0.4, -0.2) is 27.5 Å². The molecule has 6 nitrogen and oxygen atoms in total. The number of amides is 1. The highest BCUT2D eigenvalue weighted by atomic mass is 32.1. The molecule has 1 amide bonds. The first-order valence-electron chi connectivity index (χ1n) is 8.79. The van der Waals surface area contributed by atoms with Gasteiger partial charge in [-0.3, -0.25) is 15.1 Å². The summed E-state index contributed by atoms with van der Waals surface area (Å²) in [5.74, 6) is -0.381. The molecule has 0 bridgehead atoms. The van der Waals surface area contributed by atoms with Crippen LogP contribution in [0, 0.1) is 0 Å². The Labute approximate surface area is 173 Å². The number of anilines is 1. The number of carbonyl (C=O) groups is 1. The molecule has 2 aromatic heterocycles. The predicted octanol–water partition coefficient (Wildman–Crippen LogP) is 5.01. The van der Waals surface area contributed by atoms with E-state index in [1.165, 1.54) is 23.5 Å². The number of fused-ring (bicyclic) bond motifs is 1. The van der Waals surface area contributed by atoms with E-state index in [9.17, 15) is 13.6 Å². The molecule has 0 unspecified atom stereocenters. The number of ether oxygens (including phenoxy) is 1. The van der Waals surface area contributed by atoms with E-state index in [0.29, 0.717) is 22.1 Å². The number of benzene rings is 2. The first kappa shape index (κ1) is 19.6. The number of alkyl halides is 2. The second-order valence-electron chi connectivity index (χ2n) is 6.02. The zero-order chi connectivity index (χ0) is 20.9. The van der Waals surface area contributed by atoms with Crippen LogP contribution in [0.25, 0.3) is 28.4 Å². The van der Waals surface area contributed by atoms with Crippen LogP contribution in [-0.2, 0) is 4.79 Å². The Hall–Kier alpha value is -3.72. The summed E-state index contributed by atoms with van der Waals surface area (Å²) in [4.78, 5) is 25.2. The molecule has 0 fully saturated rings. The van der Waals surface area contributed by atoms with Crippen LogP contribution >= 0.6 is 11.3 Å². The molecule has 0 radical (unpaired) electrons. The fraction of sp³-hybridized carbons (Fsp3) is 0.0476. The third-order valence-corrected chi connectivity index (χ3v) is 4.74. The van der Waals surface area contributed by atoms with E-state index in [0.717, 1.165) is 11.0 Å². The number of hydrogen-bond acceptors (Lipinski definition) is 6. The molecule has 0 aliphatic carbocycles. The van der Waals surface area contributed by atoms with Gasteiger partial charge in [0.2, 0.25) is 5.91 Å². The summed E-state index contributed by atoms with van der Waals surface area (Å²) in [6.07, 6.45) is 4.45. The second kappa shape index (κ2) is 8.75. The van der Waals surface area contributed by atoms with Gasteiger partial charge in [-0.25, -0.2) is 9.97 Å². The minimum atomic E-state index is -2.94. The third-order valence-electron chi connectivity index (χ3n) is 3.99. The van der Waals surface area contributed by atoms with Crippen molar-refractivity contribution in [2.45, 2.75) is 6.61 Å². The number of nitrogens with one attached hydrogen (secondary N) is 1. The van der Waals surface area contributed by atoms with Gasteiger partial charge in [-0.15, -0.1) is 11.3 Å². The summed E-state index contributed by atoms with van der Waals surface area (Å²) in [5, 5.41) is 4.63. The summed E-state index contributed by atoms with van der Waals surface area (Å²) < 4.78 is 29.7. The summed E-state index contributed by atoms with van der Waals surface area (Å²) in [6.45, 7) is -2.94. The highest BCUT2D eigenvalue weighted by Gasteiger charge is 2.14. The van der Waals surface area contributed by atoms with Gasteiger partial charge in [0.1, 0.15) is 5.75 Å². The van der Waals surface area contributed by atoms with Crippen molar-refractivity contribution in [3.05, 3.63) is 71.9 Å². The van der Waals surface area contributed by atoms with Gasteiger partial charge >= 0.3 is 6.61 Å². The van der Waals surface area contributed by atoms with Crippen molar-refractivity contribution in [1.29, 1.82) is 0 Å². The number of thiazole rings is 1. The van der Waals surface area contributed by atoms with Crippen LogP contribution in [0.5, 0.6) is 5.75 Å². The number of nitrogens with zero attached hydrogens (tertiary/aromatic N) is 3. The van der Waals surface area contributed by atoms with Crippen LogP contribution in [0.1, 0.15) is 5.69 Å². The van der Waals surface area contributed by atoms with Gasteiger partial charge in [-0.05, 0) is 30.3 Å².